The van der Waals surface area contributed by atoms with E-state index >= 15 is 0 Å². The zero-order chi connectivity index (χ0) is 12.1. The highest BCUT2D eigenvalue weighted by Gasteiger charge is 2.31. The Balaban J connectivity index is 2.06. The van der Waals surface area contributed by atoms with Gasteiger partial charge >= 0.3 is 0 Å². The summed E-state index contributed by atoms with van der Waals surface area (Å²) in [6.07, 6.45) is 4.37. The van der Waals surface area contributed by atoms with Gasteiger partial charge in [0.1, 0.15) is 0 Å². The van der Waals surface area contributed by atoms with Gasteiger partial charge in [-0.3, -0.25) is 0 Å². The number of alkyl halides is 1. The average Bonchev–Trinajstić information content (AvgIpc) is 2.41. The third-order valence-corrected chi connectivity index (χ3v) is 4.41. The Labute approximate surface area is 109 Å². The molecule has 0 unspecified atom stereocenters. The van der Waals surface area contributed by atoms with Crippen molar-refractivity contribution in [2.45, 2.75) is 32.6 Å². The summed E-state index contributed by atoms with van der Waals surface area (Å²) in [5, 5.41) is 0. The van der Waals surface area contributed by atoms with Crippen LogP contribution in [0.2, 0.25) is 0 Å². The number of hydrogen-bond acceptors (Lipinski definition) is 1. The number of ether oxygens (including phenoxy) is 1. The van der Waals surface area contributed by atoms with Gasteiger partial charge in [0.2, 0.25) is 0 Å². The quantitative estimate of drug-likeness (QED) is 0.740. The van der Waals surface area contributed by atoms with E-state index in [2.05, 4.69) is 31.2 Å². The molecule has 1 nitrogen and oxygen atoms in total. The smallest absolute Gasteiger partial charge is 0.0471 e. The summed E-state index contributed by atoms with van der Waals surface area (Å²) in [4.78, 5) is 0. The molecule has 0 N–H and O–H groups in total. The van der Waals surface area contributed by atoms with Crippen molar-refractivity contribution < 1.29 is 4.74 Å². The van der Waals surface area contributed by atoms with Gasteiger partial charge in [0.25, 0.3) is 0 Å². The second kappa shape index (κ2) is 5.88. The van der Waals surface area contributed by atoms with Crippen LogP contribution in [-0.2, 0) is 17.6 Å². The highest BCUT2D eigenvalue weighted by Crippen LogP contribution is 2.35. The summed E-state index contributed by atoms with van der Waals surface area (Å²) < 4.78 is 5.44. The first kappa shape index (κ1) is 12.9. The molecular weight excluding hydrogens is 232 g/mol. The third kappa shape index (κ3) is 3.23. The topological polar surface area (TPSA) is 9.23 Å². The van der Waals surface area contributed by atoms with E-state index in [0.717, 1.165) is 44.8 Å². The van der Waals surface area contributed by atoms with Gasteiger partial charge in [0.05, 0.1) is 0 Å². The van der Waals surface area contributed by atoms with Crippen LogP contribution in [0.25, 0.3) is 0 Å². The number of halogens is 1. The predicted molar refractivity (Wildman–Crippen MR) is 72.7 cm³/mol. The summed E-state index contributed by atoms with van der Waals surface area (Å²) in [7, 11) is 0. The molecule has 0 amide bonds. The lowest BCUT2D eigenvalue weighted by atomic mass is 9.77. The zero-order valence-corrected chi connectivity index (χ0v) is 11.3. The molecule has 1 aliphatic heterocycles. The van der Waals surface area contributed by atoms with E-state index in [1.54, 1.807) is 0 Å². The molecule has 0 aliphatic carbocycles. The van der Waals surface area contributed by atoms with Crippen LogP contribution in [-0.4, -0.2) is 19.1 Å². The van der Waals surface area contributed by atoms with E-state index in [4.69, 9.17) is 16.3 Å². The summed E-state index contributed by atoms with van der Waals surface area (Å²) >= 11 is 6.19. The minimum atomic E-state index is 0.257. The van der Waals surface area contributed by atoms with Gasteiger partial charge in [-0.05, 0) is 42.2 Å². The largest absolute Gasteiger partial charge is 0.381 e. The predicted octanol–water partition coefficient (Wildman–Crippen LogP) is 3.83. The molecule has 0 atom stereocenters. The Hall–Kier alpha value is -0.530. The molecule has 1 fully saturated rings. The molecule has 0 aromatic heterocycles. The van der Waals surface area contributed by atoms with E-state index in [1.807, 2.05) is 0 Å². The molecule has 17 heavy (non-hydrogen) atoms. The number of benzene rings is 1. The van der Waals surface area contributed by atoms with Crippen molar-refractivity contribution in [1.82, 2.24) is 0 Å². The van der Waals surface area contributed by atoms with Gasteiger partial charge in [-0.25, -0.2) is 0 Å². The van der Waals surface area contributed by atoms with Crippen molar-refractivity contribution in [3.05, 3.63) is 35.4 Å². The highest BCUT2D eigenvalue weighted by atomic mass is 35.5. The van der Waals surface area contributed by atoms with Crippen LogP contribution in [0.3, 0.4) is 0 Å². The normalized spacial score (nSPS) is 19.2. The standard InChI is InChI=1S/C15H21ClO/c1-2-13-3-5-14(6-4-13)11-15(12-16)7-9-17-10-8-15/h3-6H,2,7-12H2,1H3. The molecule has 1 aromatic rings. The van der Waals surface area contributed by atoms with E-state index in [1.165, 1.54) is 11.1 Å². The Morgan fingerprint density at radius 1 is 1.12 bits per heavy atom. The van der Waals surface area contributed by atoms with Gasteiger partial charge < -0.3 is 4.74 Å². The van der Waals surface area contributed by atoms with Crippen LogP contribution in [0.15, 0.2) is 24.3 Å². The monoisotopic (exact) mass is 252 g/mol. The number of aryl methyl sites for hydroxylation is 1. The molecule has 0 bridgehead atoms. The van der Waals surface area contributed by atoms with Gasteiger partial charge in [0.15, 0.2) is 0 Å². The first-order chi connectivity index (χ1) is 8.28. The average molecular weight is 253 g/mol. The van der Waals surface area contributed by atoms with Crippen LogP contribution in [0.5, 0.6) is 0 Å². The third-order valence-electron chi connectivity index (χ3n) is 3.85. The minimum absolute atomic E-state index is 0.257. The van der Waals surface area contributed by atoms with E-state index in [-0.39, 0.29) is 5.41 Å². The molecule has 1 heterocycles. The maximum atomic E-state index is 6.19. The minimum Gasteiger partial charge on any atom is -0.381 e. The Kier molecular flexibility index (Phi) is 4.47. The lowest BCUT2D eigenvalue weighted by molar-refractivity contribution is 0.0258. The Bertz CT molecular complexity index is 338. The molecule has 1 aromatic carbocycles. The number of hydrogen-bond donors (Lipinski definition) is 0. The first-order valence-corrected chi connectivity index (χ1v) is 7.03. The maximum absolute atomic E-state index is 6.19. The Morgan fingerprint density at radius 3 is 2.24 bits per heavy atom. The van der Waals surface area contributed by atoms with Crippen LogP contribution in [0.4, 0.5) is 0 Å². The zero-order valence-electron chi connectivity index (χ0n) is 10.5. The second-order valence-electron chi connectivity index (χ2n) is 5.09. The molecule has 1 aliphatic rings. The van der Waals surface area contributed by atoms with Crippen molar-refractivity contribution in [2.75, 3.05) is 19.1 Å². The second-order valence-corrected chi connectivity index (χ2v) is 5.36. The first-order valence-electron chi connectivity index (χ1n) is 6.49. The molecular formula is C15H21ClO. The Morgan fingerprint density at radius 2 is 1.71 bits per heavy atom. The summed E-state index contributed by atoms with van der Waals surface area (Å²) in [6.45, 7) is 3.91. The van der Waals surface area contributed by atoms with E-state index in [9.17, 15) is 0 Å². The van der Waals surface area contributed by atoms with Gasteiger partial charge in [-0.15, -0.1) is 11.6 Å². The molecule has 2 heteroatoms. The van der Waals surface area contributed by atoms with Crippen molar-refractivity contribution in [3.63, 3.8) is 0 Å². The van der Waals surface area contributed by atoms with Gasteiger partial charge in [-0.2, -0.15) is 0 Å². The van der Waals surface area contributed by atoms with E-state index < -0.39 is 0 Å². The SMILES string of the molecule is CCc1ccc(CC2(CCl)CCOCC2)cc1. The van der Waals surface area contributed by atoms with Crippen LogP contribution < -0.4 is 0 Å². The molecule has 1 saturated heterocycles. The summed E-state index contributed by atoms with van der Waals surface area (Å²) in [5.74, 6) is 0.742. The van der Waals surface area contributed by atoms with Gasteiger partial charge in [-0.1, -0.05) is 31.2 Å². The summed E-state index contributed by atoms with van der Waals surface area (Å²) in [6, 6.07) is 8.97. The molecule has 0 spiro atoms. The summed E-state index contributed by atoms with van der Waals surface area (Å²) in [5.41, 5.74) is 3.07. The number of rotatable bonds is 4. The fraction of sp³-hybridized carbons (Fsp3) is 0.600. The molecule has 94 valence electrons. The fourth-order valence-electron chi connectivity index (χ4n) is 2.49. The van der Waals surface area contributed by atoms with Crippen LogP contribution >= 0.6 is 11.6 Å². The van der Waals surface area contributed by atoms with Crippen LogP contribution in [0, 0.1) is 5.41 Å². The highest BCUT2D eigenvalue weighted by molar-refractivity contribution is 6.18. The van der Waals surface area contributed by atoms with Crippen molar-refractivity contribution in [2.24, 2.45) is 5.41 Å². The molecule has 2 rings (SSSR count). The lowest BCUT2D eigenvalue weighted by Gasteiger charge is -2.35. The van der Waals surface area contributed by atoms with Crippen molar-refractivity contribution >= 4 is 11.6 Å². The van der Waals surface area contributed by atoms with Gasteiger partial charge in [0, 0.05) is 19.1 Å². The van der Waals surface area contributed by atoms with Crippen LogP contribution in [0.1, 0.15) is 30.9 Å². The molecule has 0 saturated carbocycles. The van der Waals surface area contributed by atoms with Crippen molar-refractivity contribution in [1.29, 1.82) is 0 Å². The lowest BCUT2D eigenvalue weighted by Crippen LogP contribution is -2.33. The fourth-order valence-corrected chi connectivity index (χ4v) is 2.85. The molecule has 0 radical (unpaired) electrons. The maximum Gasteiger partial charge on any atom is 0.0471 e. The van der Waals surface area contributed by atoms with Crippen molar-refractivity contribution in [3.8, 4) is 0 Å². The van der Waals surface area contributed by atoms with E-state index in [0.29, 0.717) is 0 Å².